The average molecular weight is 426 g/mol. The summed E-state index contributed by atoms with van der Waals surface area (Å²) in [6, 6.07) is 11.2. The molecule has 2 aromatic rings. The first-order valence-corrected chi connectivity index (χ1v) is 9.55. The predicted octanol–water partition coefficient (Wildman–Crippen LogP) is 3.06. The lowest BCUT2D eigenvalue weighted by Crippen LogP contribution is -2.31. The fourth-order valence-corrected chi connectivity index (χ4v) is 3.54. The highest BCUT2D eigenvalue weighted by Crippen LogP contribution is 2.40. The molecule has 0 radical (unpaired) electrons. The van der Waals surface area contributed by atoms with Gasteiger partial charge in [0, 0.05) is 38.0 Å². The van der Waals surface area contributed by atoms with Gasteiger partial charge in [-0.3, -0.25) is 19.7 Å². The number of Topliss-reactive ketones (excluding diaryl/α,β-unsaturated/α-hetero) is 1. The molecule has 162 valence electrons. The average Bonchev–Trinajstić information content (AvgIpc) is 3.04. The van der Waals surface area contributed by atoms with E-state index in [0.717, 1.165) is 0 Å². The first kappa shape index (κ1) is 22.0. The van der Waals surface area contributed by atoms with Crippen LogP contribution in [0, 0.1) is 10.1 Å². The topological polar surface area (TPSA) is 119 Å². The van der Waals surface area contributed by atoms with Crippen molar-refractivity contribution in [2.45, 2.75) is 12.5 Å². The van der Waals surface area contributed by atoms with Gasteiger partial charge in [-0.2, -0.15) is 0 Å². The van der Waals surface area contributed by atoms with Crippen molar-refractivity contribution in [1.29, 1.82) is 0 Å². The van der Waals surface area contributed by atoms with E-state index >= 15 is 0 Å². The number of ether oxygens (including phenoxy) is 2. The summed E-state index contributed by atoms with van der Waals surface area (Å²) in [5, 5.41) is 21.8. The van der Waals surface area contributed by atoms with Gasteiger partial charge in [0.15, 0.2) is 0 Å². The summed E-state index contributed by atoms with van der Waals surface area (Å²) in [6.07, 6.45) is 0.502. The molecular weight excluding hydrogens is 404 g/mol. The number of hydrogen-bond donors (Lipinski definition) is 1. The largest absolute Gasteiger partial charge is 0.507 e. The fourth-order valence-electron chi connectivity index (χ4n) is 3.54. The fraction of sp³-hybridized carbons (Fsp3) is 0.273. The Bertz CT molecular complexity index is 1030. The summed E-state index contributed by atoms with van der Waals surface area (Å²) in [4.78, 5) is 37.4. The molecule has 3 rings (SSSR count). The molecule has 1 amide bonds. The van der Waals surface area contributed by atoms with Gasteiger partial charge in [0.2, 0.25) is 0 Å². The molecule has 2 aromatic carbocycles. The number of nitro groups is 1. The van der Waals surface area contributed by atoms with Crippen molar-refractivity contribution < 1.29 is 29.1 Å². The Morgan fingerprint density at radius 2 is 1.87 bits per heavy atom. The monoisotopic (exact) mass is 426 g/mol. The van der Waals surface area contributed by atoms with Crippen molar-refractivity contribution in [2.24, 2.45) is 0 Å². The zero-order valence-corrected chi connectivity index (χ0v) is 17.1. The molecule has 1 saturated heterocycles. The molecule has 0 spiro atoms. The van der Waals surface area contributed by atoms with Crippen LogP contribution in [-0.4, -0.2) is 54.0 Å². The number of aliphatic hydroxyl groups excluding tert-OH is 1. The van der Waals surface area contributed by atoms with Gasteiger partial charge in [-0.05, 0) is 36.2 Å². The molecule has 1 fully saturated rings. The highest BCUT2D eigenvalue weighted by Gasteiger charge is 2.45. The summed E-state index contributed by atoms with van der Waals surface area (Å²) in [5.74, 6) is -1.40. The molecule has 0 bridgehead atoms. The number of benzene rings is 2. The number of aliphatic hydroxyl groups is 1. The van der Waals surface area contributed by atoms with Gasteiger partial charge in [0.1, 0.15) is 11.5 Å². The van der Waals surface area contributed by atoms with Gasteiger partial charge >= 0.3 is 0 Å². The molecule has 0 aromatic heterocycles. The van der Waals surface area contributed by atoms with E-state index in [-0.39, 0.29) is 23.4 Å². The minimum atomic E-state index is -0.831. The van der Waals surface area contributed by atoms with Crippen LogP contribution in [0.4, 0.5) is 5.69 Å². The first-order chi connectivity index (χ1) is 14.9. The van der Waals surface area contributed by atoms with Crippen molar-refractivity contribution in [3.8, 4) is 5.75 Å². The lowest BCUT2D eigenvalue weighted by molar-refractivity contribution is -0.384. The number of likely N-dealkylation sites (tertiary alicyclic amines) is 1. The first-order valence-electron chi connectivity index (χ1n) is 9.55. The van der Waals surface area contributed by atoms with E-state index in [2.05, 4.69) is 0 Å². The minimum absolute atomic E-state index is 0.0791. The number of ketones is 1. The summed E-state index contributed by atoms with van der Waals surface area (Å²) >= 11 is 0. The number of amides is 1. The molecule has 1 heterocycles. The van der Waals surface area contributed by atoms with Crippen molar-refractivity contribution in [2.75, 3.05) is 27.4 Å². The number of nitro benzene ring substituents is 1. The van der Waals surface area contributed by atoms with Crippen LogP contribution >= 0.6 is 0 Å². The predicted molar refractivity (Wildman–Crippen MR) is 112 cm³/mol. The van der Waals surface area contributed by atoms with Gasteiger partial charge in [0.05, 0.1) is 23.6 Å². The highest BCUT2D eigenvalue weighted by atomic mass is 16.6. The summed E-state index contributed by atoms with van der Waals surface area (Å²) in [7, 11) is 3.05. The molecule has 0 saturated carbocycles. The van der Waals surface area contributed by atoms with Crippen LogP contribution in [0.5, 0.6) is 5.75 Å². The zero-order valence-electron chi connectivity index (χ0n) is 17.1. The standard InChI is InChI=1S/C22H22N2O7/c1-30-12-4-11-23-19(15-5-3-6-17(13-15)31-2)18(21(26)22(23)27)20(25)14-7-9-16(10-8-14)24(28)29/h3,5-10,13,19,25H,4,11-12H2,1-2H3/b20-18-. The second kappa shape index (κ2) is 9.40. The van der Waals surface area contributed by atoms with Gasteiger partial charge in [-0.1, -0.05) is 12.1 Å². The van der Waals surface area contributed by atoms with E-state index in [4.69, 9.17) is 9.47 Å². The number of nitrogens with zero attached hydrogens (tertiary/aromatic N) is 2. The van der Waals surface area contributed by atoms with Crippen molar-refractivity contribution in [3.63, 3.8) is 0 Å². The van der Waals surface area contributed by atoms with Gasteiger partial charge < -0.3 is 19.5 Å². The Balaban J connectivity index is 2.12. The van der Waals surface area contributed by atoms with Crippen molar-refractivity contribution >= 4 is 23.1 Å². The van der Waals surface area contributed by atoms with E-state index in [1.165, 1.54) is 36.3 Å². The summed E-state index contributed by atoms with van der Waals surface area (Å²) in [5.41, 5.74) is 0.568. The van der Waals surface area contributed by atoms with E-state index in [0.29, 0.717) is 24.3 Å². The molecule has 1 unspecified atom stereocenters. The number of rotatable bonds is 8. The maximum Gasteiger partial charge on any atom is 0.295 e. The van der Waals surface area contributed by atoms with E-state index in [1.54, 1.807) is 31.4 Å². The van der Waals surface area contributed by atoms with Crippen LogP contribution in [-0.2, 0) is 14.3 Å². The smallest absolute Gasteiger partial charge is 0.295 e. The van der Waals surface area contributed by atoms with Gasteiger partial charge in [-0.25, -0.2) is 0 Å². The molecule has 1 N–H and O–H groups in total. The maximum absolute atomic E-state index is 12.9. The van der Waals surface area contributed by atoms with Crippen LogP contribution in [0.25, 0.3) is 5.76 Å². The summed E-state index contributed by atoms with van der Waals surface area (Å²) in [6.45, 7) is 0.646. The van der Waals surface area contributed by atoms with Crippen LogP contribution in [0.15, 0.2) is 54.1 Å². The lowest BCUT2D eigenvalue weighted by Gasteiger charge is -2.25. The molecular formula is C22H22N2O7. The van der Waals surface area contributed by atoms with Gasteiger partial charge in [0.25, 0.3) is 17.4 Å². The van der Waals surface area contributed by atoms with Crippen LogP contribution in [0.3, 0.4) is 0 Å². The molecule has 0 aliphatic carbocycles. The van der Waals surface area contributed by atoms with E-state index < -0.39 is 28.4 Å². The van der Waals surface area contributed by atoms with Gasteiger partial charge in [-0.15, -0.1) is 0 Å². The third-order valence-electron chi connectivity index (χ3n) is 5.05. The minimum Gasteiger partial charge on any atom is -0.507 e. The Hall–Kier alpha value is -3.72. The zero-order chi connectivity index (χ0) is 22.5. The Morgan fingerprint density at radius 3 is 2.48 bits per heavy atom. The molecule has 31 heavy (non-hydrogen) atoms. The maximum atomic E-state index is 12.9. The number of carbonyl (C=O) groups excluding carboxylic acids is 2. The third kappa shape index (κ3) is 4.41. The normalized spacial score (nSPS) is 17.7. The molecule has 1 aliphatic heterocycles. The number of hydrogen-bond acceptors (Lipinski definition) is 7. The second-order valence-corrected chi connectivity index (χ2v) is 6.92. The number of non-ortho nitro benzene ring substituents is 1. The number of carbonyl (C=O) groups is 2. The SMILES string of the molecule is COCCCN1C(=O)C(=O)/C(=C(\O)c2ccc([N+](=O)[O-])cc2)C1c1cccc(OC)c1. The molecule has 1 aliphatic rings. The van der Waals surface area contributed by atoms with Crippen LogP contribution < -0.4 is 4.74 Å². The van der Waals surface area contributed by atoms with Crippen molar-refractivity contribution in [1.82, 2.24) is 4.90 Å². The highest BCUT2D eigenvalue weighted by molar-refractivity contribution is 6.46. The Labute approximate surface area is 178 Å². The summed E-state index contributed by atoms with van der Waals surface area (Å²) < 4.78 is 10.3. The molecule has 9 nitrogen and oxygen atoms in total. The molecule has 1 atom stereocenters. The lowest BCUT2D eigenvalue weighted by atomic mass is 9.95. The third-order valence-corrected chi connectivity index (χ3v) is 5.05. The second-order valence-electron chi connectivity index (χ2n) is 6.92. The van der Waals surface area contributed by atoms with E-state index in [9.17, 15) is 24.8 Å². The molecule has 9 heteroatoms. The van der Waals surface area contributed by atoms with Crippen LogP contribution in [0.2, 0.25) is 0 Å². The van der Waals surface area contributed by atoms with Crippen LogP contribution in [0.1, 0.15) is 23.6 Å². The number of methoxy groups -OCH3 is 2. The van der Waals surface area contributed by atoms with E-state index in [1.807, 2.05) is 0 Å². The Morgan fingerprint density at radius 1 is 1.16 bits per heavy atom. The van der Waals surface area contributed by atoms with Crippen molar-refractivity contribution in [3.05, 3.63) is 75.3 Å². The quantitative estimate of drug-likeness (QED) is 0.172. The Kier molecular flexibility index (Phi) is 6.66.